The second-order valence-electron chi connectivity index (χ2n) is 6.08. The Morgan fingerprint density at radius 1 is 1.23 bits per heavy atom. The lowest BCUT2D eigenvalue weighted by atomic mass is 9.98. The molecule has 0 saturated carbocycles. The number of rotatable bonds is 2. The van der Waals surface area contributed by atoms with Crippen molar-refractivity contribution in [1.29, 1.82) is 0 Å². The molecular formula is C18H14N6O2. The minimum atomic E-state index is -0.437. The summed E-state index contributed by atoms with van der Waals surface area (Å²) in [6.07, 6.45) is 4.95. The maximum absolute atomic E-state index is 11.5. The van der Waals surface area contributed by atoms with Gasteiger partial charge in [0, 0.05) is 30.6 Å². The van der Waals surface area contributed by atoms with Gasteiger partial charge in [-0.2, -0.15) is 5.10 Å². The Balaban J connectivity index is 1.70. The predicted octanol–water partition coefficient (Wildman–Crippen LogP) is 3.09. The molecule has 1 amide bonds. The van der Waals surface area contributed by atoms with Gasteiger partial charge >= 0.3 is 6.09 Å². The number of anilines is 1. The van der Waals surface area contributed by atoms with Crippen LogP contribution in [0.15, 0.2) is 42.9 Å². The van der Waals surface area contributed by atoms with E-state index in [0.717, 1.165) is 33.5 Å². The summed E-state index contributed by atoms with van der Waals surface area (Å²) in [5, 5.41) is 6.92. The van der Waals surface area contributed by atoms with Gasteiger partial charge in [-0.05, 0) is 17.7 Å². The van der Waals surface area contributed by atoms with E-state index in [2.05, 4.69) is 20.4 Å². The molecule has 4 aromatic rings. The molecule has 0 atom stereocenters. The molecule has 0 fully saturated rings. The van der Waals surface area contributed by atoms with Crippen LogP contribution in [0.25, 0.3) is 33.7 Å². The quantitative estimate of drug-likeness (QED) is 0.581. The van der Waals surface area contributed by atoms with Crippen LogP contribution in [0.4, 0.5) is 10.5 Å². The van der Waals surface area contributed by atoms with Crippen molar-refractivity contribution in [3.63, 3.8) is 0 Å². The van der Waals surface area contributed by atoms with Crippen LogP contribution >= 0.6 is 0 Å². The smallest absolute Gasteiger partial charge is 0.411 e. The highest BCUT2D eigenvalue weighted by Gasteiger charge is 2.21. The van der Waals surface area contributed by atoms with Gasteiger partial charge in [0.2, 0.25) is 0 Å². The van der Waals surface area contributed by atoms with E-state index in [4.69, 9.17) is 9.72 Å². The number of H-pyrrole nitrogens is 1. The minimum absolute atomic E-state index is 0.223. The molecule has 1 aromatic carbocycles. The number of pyridine rings is 1. The number of ether oxygens (including phenoxy) is 1. The monoisotopic (exact) mass is 346 g/mol. The fourth-order valence-electron chi connectivity index (χ4n) is 3.20. The van der Waals surface area contributed by atoms with Crippen LogP contribution in [0.1, 0.15) is 5.56 Å². The van der Waals surface area contributed by atoms with Crippen LogP contribution in [0.5, 0.6) is 0 Å². The number of aromatic amines is 1. The van der Waals surface area contributed by atoms with Crippen LogP contribution in [0.2, 0.25) is 0 Å². The van der Waals surface area contributed by atoms with Gasteiger partial charge in [0.05, 0.1) is 17.4 Å². The lowest BCUT2D eigenvalue weighted by molar-refractivity contribution is 0.151. The number of amides is 1. The summed E-state index contributed by atoms with van der Waals surface area (Å²) in [5.74, 6) is 0.711. The van der Waals surface area contributed by atoms with Gasteiger partial charge in [0.25, 0.3) is 0 Å². The average Bonchev–Trinajstić information content (AvgIpc) is 3.26. The van der Waals surface area contributed by atoms with Crippen LogP contribution in [-0.4, -0.2) is 30.8 Å². The molecule has 128 valence electrons. The second kappa shape index (κ2) is 5.41. The third-order valence-corrected chi connectivity index (χ3v) is 4.41. The van der Waals surface area contributed by atoms with Crippen LogP contribution < -0.4 is 5.32 Å². The Bertz CT molecular complexity index is 1160. The van der Waals surface area contributed by atoms with Crippen molar-refractivity contribution < 1.29 is 9.53 Å². The van der Waals surface area contributed by atoms with Crippen LogP contribution in [-0.2, 0) is 18.4 Å². The zero-order valence-corrected chi connectivity index (χ0v) is 13.9. The Morgan fingerprint density at radius 3 is 3.00 bits per heavy atom. The summed E-state index contributed by atoms with van der Waals surface area (Å²) in [6.45, 7) is 0.223. The topological polar surface area (TPSA) is 97.7 Å². The molecule has 8 heteroatoms. The van der Waals surface area contributed by atoms with Crippen molar-refractivity contribution in [2.75, 3.05) is 5.32 Å². The number of hydrogen-bond donors (Lipinski definition) is 2. The fourth-order valence-corrected chi connectivity index (χ4v) is 3.20. The summed E-state index contributed by atoms with van der Waals surface area (Å²) >= 11 is 0. The van der Waals surface area contributed by atoms with Crippen molar-refractivity contribution in [2.45, 2.75) is 6.61 Å². The fraction of sp³-hybridized carbons (Fsp3) is 0.111. The number of nitrogens with zero attached hydrogens (tertiary/aromatic N) is 4. The molecule has 0 spiro atoms. The highest BCUT2D eigenvalue weighted by Crippen LogP contribution is 2.35. The van der Waals surface area contributed by atoms with E-state index in [0.29, 0.717) is 11.5 Å². The largest absolute Gasteiger partial charge is 0.444 e. The molecule has 8 nitrogen and oxygen atoms in total. The molecule has 0 aliphatic carbocycles. The number of carbonyl (C=O) groups is 1. The summed E-state index contributed by atoms with van der Waals surface area (Å²) in [5.41, 5.74) is 5.91. The zero-order chi connectivity index (χ0) is 17.7. The van der Waals surface area contributed by atoms with Crippen molar-refractivity contribution >= 4 is 22.9 Å². The Labute approximate surface area is 147 Å². The maximum Gasteiger partial charge on any atom is 0.411 e. The average molecular weight is 346 g/mol. The normalized spacial score (nSPS) is 13.3. The van der Waals surface area contributed by atoms with E-state index < -0.39 is 6.09 Å². The van der Waals surface area contributed by atoms with Crippen molar-refractivity contribution in [3.8, 4) is 22.5 Å². The molecule has 3 aromatic heterocycles. The van der Waals surface area contributed by atoms with Gasteiger partial charge in [-0.15, -0.1) is 0 Å². The number of aryl methyl sites for hydroxylation is 1. The second-order valence-corrected chi connectivity index (χ2v) is 6.08. The van der Waals surface area contributed by atoms with Gasteiger partial charge in [-0.1, -0.05) is 12.1 Å². The zero-order valence-electron chi connectivity index (χ0n) is 13.9. The van der Waals surface area contributed by atoms with Gasteiger partial charge in [-0.25, -0.2) is 14.8 Å². The van der Waals surface area contributed by atoms with E-state index in [-0.39, 0.29) is 6.61 Å². The first-order valence-corrected chi connectivity index (χ1v) is 8.09. The molecule has 0 unspecified atom stereocenters. The molecule has 4 heterocycles. The van der Waals surface area contributed by atoms with E-state index in [1.807, 2.05) is 37.5 Å². The molecule has 5 rings (SSSR count). The molecule has 0 saturated heterocycles. The van der Waals surface area contributed by atoms with Crippen LogP contribution in [0.3, 0.4) is 0 Å². The molecule has 1 aliphatic rings. The number of hydrogen-bond acceptors (Lipinski definition) is 5. The van der Waals surface area contributed by atoms with E-state index in [9.17, 15) is 4.79 Å². The number of aromatic nitrogens is 5. The third kappa shape index (κ3) is 2.23. The van der Waals surface area contributed by atoms with Gasteiger partial charge < -0.3 is 9.72 Å². The lowest BCUT2D eigenvalue weighted by Gasteiger charge is -2.20. The van der Waals surface area contributed by atoms with Crippen LogP contribution in [0, 0.1) is 0 Å². The highest BCUT2D eigenvalue weighted by molar-refractivity contribution is 5.96. The molecule has 0 radical (unpaired) electrons. The lowest BCUT2D eigenvalue weighted by Crippen LogP contribution is -2.20. The molecule has 2 N–H and O–H groups in total. The Morgan fingerprint density at radius 2 is 2.15 bits per heavy atom. The third-order valence-electron chi connectivity index (χ3n) is 4.41. The van der Waals surface area contributed by atoms with Gasteiger partial charge in [0.15, 0.2) is 5.65 Å². The summed E-state index contributed by atoms with van der Waals surface area (Å²) in [6, 6.07) is 7.68. The van der Waals surface area contributed by atoms with E-state index in [1.165, 1.54) is 0 Å². The number of benzene rings is 1. The standard InChI is InChI=1S/C18H14N6O2/c1-24-8-10(7-20-24)16-22-15-12(5-6-19-17(15)23-16)11-3-2-4-14-13(11)9-26-18(25)21-14/h2-8H,9H2,1H3,(H,21,25)(H,19,22,23). The maximum atomic E-state index is 11.5. The van der Waals surface area contributed by atoms with Crippen molar-refractivity contribution in [2.24, 2.45) is 7.05 Å². The first-order chi connectivity index (χ1) is 12.7. The first-order valence-electron chi connectivity index (χ1n) is 8.09. The van der Waals surface area contributed by atoms with E-state index >= 15 is 0 Å². The van der Waals surface area contributed by atoms with Gasteiger partial charge in [-0.3, -0.25) is 10.00 Å². The molecular weight excluding hydrogens is 332 g/mol. The molecule has 0 bridgehead atoms. The van der Waals surface area contributed by atoms with Crippen molar-refractivity contribution in [3.05, 3.63) is 48.4 Å². The Kier molecular flexibility index (Phi) is 3.05. The molecule has 26 heavy (non-hydrogen) atoms. The SMILES string of the molecule is Cn1cc(-c2nc3c(-c4cccc5c4COC(=O)N5)ccnc3[nH]2)cn1. The number of fused-ring (bicyclic) bond motifs is 2. The first kappa shape index (κ1) is 14.6. The van der Waals surface area contributed by atoms with E-state index in [1.54, 1.807) is 17.1 Å². The minimum Gasteiger partial charge on any atom is -0.444 e. The number of carbonyl (C=O) groups excluding carboxylic acids is 1. The number of cyclic esters (lactones) is 1. The van der Waals surface area contributed by atoms with Gasteiger partial charge in [0.1, 0.15) is 17.9 Å². The number of imidazole rings is 1. The summed E-state index contributed by atoms with van der Waals surface area (Å²) in [4.78, 5) is 23.9. The van der Waals surface area contributed by atoms with Crippen molar-refractivity contribution in [1.82, 2.24) is 24.7 Å². The highest BCUT2D eigenvalue weighted by atomic mass is 16.5. The summed E-state index contributed by atoms with van der Waals surface area (Å²) in [7, 11) is 1.86. The molecule has 1 aliphatic heterocycles. The number of nitrogens with one attached hydrogen (secondary N) is 2. The predicted molar refractivity (Wildman–Crippen MR) is 95.3 cm³/mol. The Hall–Kier alpha value is -3.68. The summed E-state index contributed by atoms with van der Waals surface area (Å²) < 4.78 is 6.88.